The van der Waals surface area contributed by atoms with E-state index in [0.29, 0.717) is 11.4 Å². The minimum Gasteiger partial charge on any atom is -0.482 e. The summed E-state index contributed by atoms with van der Waals surface area (Å²) in [5.41, 5.74) is 0.626. The van der Waals surface area contributed by atoms with Crippen molar-refractivity contribution in [2.45, 2.75) is 39.2 Å². The first kappa shape index (κ1) is 16.8. The minimum atomic E-state index is -1.03. The Morgan fingerprint density at radius 1 is 1.24 bits per heavy atom. The van der Waals surface area contributed by atoms with Gasteiger partial charge in [-0.15, -0.1) is 0 Å². The van der Waals surface area contributed by atoms with Crippen LogP contribution in [0.15, 0.2) is 24.3 Å². The molecule has 116 valence electrons. The largest absolute Gasteiger partial charge is 0.482 e. The number of carbonyl (C=O) groups excluding carboxylic acids is 1. The maximum absolute atomic E-state index is 11.8. The molecule has 6 nitrogen and oxygen atoms in total. The Kier molecular flexibility index (Phi) is 7.08. The molecule has 0 aliphatic heterocycles. The molecule has 0 aliphatic rings. The van der Waals surface area contributed by atoms with Gasteiger partial charge < -0.3 is 20.5 Å². The van der Waals surface area contributed by atoms with Gasteiger partial charge in [-0.25, -0.2) is 9.59 Å². The topological polar surface area (TPSA) is 87.7 Å². The number of ether oxygens (including phenoxy) is 1. The predicted octanol–water partition coefficient (Wildman–Crippen LogP) is 2.85. The van der Waals surface area contributed by atoms with E-state index in [9.17, 15) is 9.59 Å². The lowest BCUT2D eigenvalue weighted by Crippen LogP contribution is -2.37. The number of carbonyl (C=O) groups is 2. The Morgan fingerprint density at radius 3 is 2.43 bits per heavy atom. The maximum atomic E-state index is 11.8. The SMILES string of the molecule is CCCC(CC)NC(=O)Nc1ccc(OCC(=O)O)cc1. The molecule has 0 fully saturated rings. The van der Waals surface area contributed by atoms with Crippen LogP contribution < -0.4 is 15.4 Å². The van der Waals surface area contributed by atoms with Gasteiger partial charge in [-0.1, -0.05) is 20.3 Å². The molecule has 1 atom stereocenters. The average Bonchev–Trinajstić information content (AvgIpc) is 2.46. The predicted molar refractivity (Wildman–Crippen MR) is 80.7 cm³/mol. The van der Waals surface area contributed by atoms with Gasteiger partial charge in [0.1, 0.15) is 5.75 Å². The Labute approximate surface area is 124 Å². The molecule has 0 spiro atoms. The number of carboxylic acids is 1. The van der Waals surface area contributed by atoms with Gasteiger partial charge in [0.05, 0.1) is 0 Å². The van der Waals surface area contributed by atoms with Gasteiger partial charge in [-0.2, -0.15) is 0 Å². The first-order valence-corrected chi connectivity index (χ1v) is 7.07. The van der Waals surface area contributed by atoms with Crippen molar-refractivity contribution in [3.8, 4) is 5.75 Å². The number of benzene rings is 1. The number of anilines is 1. The van der Waals surface area contributed by atoms with E-state index in [1.165, 1.54) is 0 Å². The fourth-order valence-electron chi connectivity index (χ4n) is 1.86. The van der Waals surface area contributed by atoms with E-state index in [0.717, 1.165) is 19.3 Å². The van der Waals surface area contributed by atoms with E-state index in [1.807, 2.05) is 6.92 Å². The molecule has 2 amide bonds. The fourth-order valence-corrected chi connectivity index (χ4v) is 1.86. The Hall–Kier alpha value is -2.24. The van der Waals surface area contributed by atoms with E-state index in [-0.39, 0.29) is 18.7 Å². The lowest BCUT2D eigenvalue weighted by atomic mass is 10.1. The summed E-state index contributed by atoms with van der Waals surface area (Å²) in [4.78, 5) is 22.2. The molecule has 0 aromatic heterocycles. The number of urea groups is 1. The van der Waals surface area contributed by atoms with E-state index in [4.69, 9.17) is 9.84 Å². The van der Waals surface area contributed by atoms with Gasteiger partial charge in [0.25, 0.3) is 0 Å². The lowest BCUT2D eigenvalue weighted by Gasteiger charge is -2.16. The van der Waals surface area contributed by atoms with Crippen LogP contribution in [0.4, 0.5) is 10.5 Å². The van der Waals surface area contributed by atoms with Crippen molar-refractivity contribution >= 4 is 17.7 Å². The summed E-state index contributed by atoms with van der Waals surface area (Å²) < 4.78 is 5.01. The normalized spacial score (nSPS) is 11.5. The van der Waals surface area contributed by atoms with Crippen LogP contribution >= 0.6 is 0 Å². The van der Waals surface area contributed by atoms with Gasteiger partial charge in [0.15, 0.2) is 6.61 Å². The summed E-state index contributed by atoms with van der Waals surface area (Å²) in [6.45, 7) is 3.73. The third-order valence-electron chi connectivity index (χ3n) is 2.94. The molecule has 1 aromatic rings. The molecule has 1 unspecified atom stereocenters. The number of nitrogens with one attached hydrogen (secondary N) is 2. The van der Waals surface area contributed by atoms with Crippen molar-refractivity contribution in [3.63, 3.8) is 0 Å². The highest BCUT2D eigenvalue weighted by Gasteiger charge is 2.09. The molecule has 0 saturated heterocycles. The van der Waals surface area contributed by atoms with Crippen molar-refractivity contribution in [2.24, 2.45) is 0 Å². The van der Waals surface area contributed by atoms with Gasteiger partial charge in [0.2, 0.25) is 0 Å². The Bertz CT molecular complexity index is 459. The van der Waals surface area contributed by atoms with E-state index < -0.39 is 5.97 Å². The van der Waals surface area contributed by atoms with Crippen LogP contribution in [-0.4, -0.2) is 29.8 Å². The number of hydrogen-bond donors (Lipinski definition) is 3. The van der Waals surface area contributed by atoms with Crippen molar-refractivity contribution in [1.29, 1.82) is 0 Å². The van der Waals surface area contributed by atoms with E-state index >= 15 is 0 Å². The second kappa shape index (κ2) is 8.84. The number of amides is 2. The smallest absolute Gasteiger partial charge is 0.341 e. The molecule has 0 heterocycles. The molecule has 3 N–H and O–H groups in total. The molecule has 1 rings (SSSR count). The van der Waals surface area contributed by atoms with Gasteiger partial charge >= 0.3 is 12.0 Å². The second-order valence-corrected chi connectivity index (χ2v) is 4.70. The van der Waals surface area contributed by atoms with E-state index in [1.54, 1.807) is 24.3 Å². The highest BCUT2D eigenvalue weighted by atomic mass is 16.5. The zero-order chi connectivity index (χ0) is 15.7. The number of rotatable bonds is 8. The molecule has 1 aromatic carbocycles. The molecule has 0 radical (unpaired) electrons. The molecule has 6 heteroatoms. The first-order valence-electron chi connectivity index (χ1n) is 7.07. The Morgan fingerprint density at radius 2 is 1.90 bits per heavy atom. The third kappa shape index (κ3) is 6.65. The molecule has 0 saturated carbocycles. The van der Waals surface area contributed by atoms with Crippen LogP contribution in [0, 0.1) is 0 Å². The van der Waals surface area contributed by atoms with Crippen LogP contribution in [0.2, 0.25) is 0 Å². The van der Waals surface area contributed by atoms with Crippen LogP contribution in [0.1, 0.15) is 33.1 Å². The zero-order valence-corrected chi connectivity index (χ0v) is 12.4. The molecule has 21 heavy (non-hydrogen) atoms. The van der Waals surface area contributed by atoms with Crippen LogP contribution in [0.3, 0.4) is 0 Å². The summed E-state index contributed by atoms with van der Waals surface area (Å²) in [6, 6.07) is 6.49. The lowest BCUT2D eigenvalue weighted by molar-refractivity contribution is -0.139. The fraction of sp³-hybridized carbons (Fsp3) is 0.467. The summed E-state index contributed by atoms with van der Waals surface area (Å²) in [7, 11) is 0. The molecular formula is C15H22N2O4. The van der Waals surface area contributed by atoms with Crippen molar-refractivity contribution in [2.75, 3.05) is 11.9 Å². The second-order valence-electron chi connectivity index (χ2n) is 4.70. The quantitative estimate of drug-likeness (QED) is 0.688. The standard InChI is InChI=1S/C15H22N2O4/c1-3-5-11(4-2)16-15(20)17-12-6-8-13(9-7-12)21-10-14(18)19/h6-9,11H,3-5,10H2,1-2H3,(H,18,19)(H2,16,17,20). The summed E-state index contributed by atoms with van der Waals surface area (Å²) in [5, 5.41) is 14.2. The molecule has 0 aliphatic carbocycles. The van der Waals surface area contributed by atoms with Crippen LogP contribution in [0.25, 0.3) is 0 Å². The van der Waals surface area contributed by atoms with Crippen LogP contribution in [0.5, 0.6) is 5.75 Å². The number of hydrogen-bond acceptors (Lipinski definition) is 3. The maximum Gasteiger partial charge on any atom is 0.341 e. The van der Waals surface area contributed by atoms with Crippen LogP contribution in [-0.2, 0) is 4.79 Å². The van der Waals surface area contributed by atoms with E-state index in [2.05, 4.69) is 17.6 Å². The summed E-state index contributed by atoms with van der Waals surface area (Å²) in [5.74, 6) is -0.584. The highest BCUT2D eigenvalue weighted by molar-refractivity contribution is 5.89. The van der Waals surface area contributed by atoms with Crippen molar-refractivity contribution in [3.05, 3.63) is 24.3 Å². The summed E-state index contributed by atoms with van der Waals surface area (Å²) in [6.07, 6.45) is 2.86. The Balaban J connectivity index is 2.47. The number of aliphatic carboxylic acids is 1. The monoisotopic (exact) mass is 294 g/mol. The van der Waals surface area contributed by atoms with Crippen molar-refractivity contribution < 1.29 is 19.4 Å². The van der Waals surface area contributed by atoms with Gasteiger partial charge in [-0.05, 0) is 37.1 Å². The van der Waals surface area contributed by atoms with Gasteiger partial charge in [-0.3, -0.25) is 0 Å². The van der Waals surface area contributed by atoms with Gasteiger partial charge in [0, 0.05) is 11.7 Å². The molecular weight excluding hydrogens is 272 g/mol. The number of carboxylic acid groups (broad SMARTS) is 1. The first-order chi connectivity index (χ1) is 10.0. The molecule has 0 bridgehead atoms. The minimum absolute atomic E-state index is 0.174. The zero-order valence-electron chi connectivity index (χ0n) is 12.4. The average molecular weight is 294 g/mol. The highest BCUT2D eigenvalue weighted by Crippen LogP contribution is 2.15. The summed E-state index contributed by atoms with van der Waals surface area (Å²) >= 11 is 0. The van der Waals surface area contributed by atoms with Crippen molar-refractivity contribution in [1.82, 2.24) is 5.32 Å². The third-order valence-corrected chi connectivity index (χ3v) is 2.94.